The Hall–Kier alpha value is -4.37. The highest BCUT2D eigenvalue weighted by molar-refractivity contribution is 6.06. The Morgan fingerprint density at radius 3 is 2.60 bits per heavy atom. The molecule has 0 spiro atoms. The minimum absolute atomic E-state index is 0.241. The van der Waals surface area contributed by atoms with E-state index >= 15 is 0 Å². The minimum Gasteiger partial charge on any atom is -0.482 e. The van der Waals surface area contributed by atoms with Crippen molar-refractivity contribution in [2.24, 2.45) is 5.10 Å². The number of nitriles is 1. The summed E-state index contributed by atoms with van der Waals surface area (Å²) in [5, 5.41) is 14.2. The fraction of sp³-hybridized carbons (Fsp3) is 0.0417. The SMILES string of the molecule is N#Cc1ccccc1OCC(=O)NN=Cc1c(-c2ccccc2)[nH]c2ccccc12. The van der Waals surface area contributed by atoms with Gasteiger partial charge in [-0.05, 0) is 23.8 Å². The van der Waals surface area contributed by atoms with E-state index in [1.165, 1.54) is 0 Å². The van der Waals surface area contributed by atoms with Gasteiger partial charge in [0.25, 0.3) is 5.91 Å². The third-order valence-corrected chi connectivity index (χ3v) is 4.56. The molecule has 2 N–H and O–H groups in total. The molecule has 0 aliphatic rings. The second kappa shape index (κ2) is 8.76. The highest BCUT2D eigenvalue weighted by atomic mass is 16.5. The molecule has 0 saturated heterocycles. The Labute approximate surface area is 173 Å². The molecular formula is C24H18N4O2. The summed E-state index contributed by atoms with van der Waals surface area (Å²) in [4.78, 5) is 15.5. The van der Waals surface area contributed by atoms with Gasteiger partial charge in [0, 0.05) is 16.5 Å². The molecule has 3 aromatic carbocycles. The number of carbonyl (C=O) groups is 1. The number of nitrogens with one attached hydrogen (secondary N) is 2. The van der Waals surface area contributed by atoms with Crippen molar-refractivity contribution in [3.8, 4) is 23.1 Å². The first-order valence-corrected chi connectivity index (χ1v) is 9.36. The van der Waals surface area contributed by atoms with Crippen LogP contribution in [0.15, 0.2) is 84.0 Å². The summed E-state index contributed by atoms with van der Waals surface area (Å²) >= 11 is 0. The fourth-order valence-electron chi connectivity index (χ4n) is 3.16. The summed E-state index contributed by atoms with van der Waals surface area (Å²) in [6, 6.07) is 26.7. The minimum atomic E-state index is -0.417. The predicted octanol–water partition coefficient (Wildman–Crippen LogP) is 4.24. The largest absolute Gasteiger partial charge is 0.482 e. The molecule has 0 saturated carbocycles. The first kappa shape index (κ1) is 19.0. The summed E-state index contributed by atoms with van der Waals surface area (Å²) in [5.74, 6) is -0.0535. The van der Waals surface area contributed by atoms with Crippen LogP contribution >= 0.6 is 0 Å². The maximum atomic E-state index is 12.1. The van der Waals surface area contributed by atoms with Gasteiger partial charge >= 0.3 is 0 Å². The average molecular weight is 394 g/mol. The lowest BCUT2D eigenvalue weighted by molar-refractivity contribution is -0.123. The summed E-state index contributed by atoms with van der Waals surface area (Å²) < 4.78 is 5.43. The third-order valence-electron chi connectivity index (χ3n) is 4.56. The van der Waals surface area contributed by atoms with Crippen LogP contribution in [0.4, 0.5) is 0 Å². The number of hydrazone groups is 1. The topological polar surface area (TPSA) is 90.3 Å². The zero-order chi connectivity index (χ0) is 20.8. The molecule has 4 rings (SSSR count). The van der Waals surface area contributed by atoms with E-state index in [0.717, 1.165) is 27.7 Å². The van der Waals surface area contributed by atoms with E-state index < -0.39 is 5.91 Å². The third kappa shape index (κ3) is 4.05. The predicted molar refractivity (Wildman–Crippen MR) is 116 cm³/mol. The molecule has 0 bridgehead atoms. The number of carbonyl (C=O) groups excluding carboxylic acids is 1. The van der Waals surface area contributed by atoms with E-state index in [1.807, 2.05) is 60.7 Å². The number of rotatable bonds is 6. The fourth-order valence-corrected chi connectivity index (χ4v) is 3.16. The Bertz CT molecular complexity index is 1250. The summed E-state index contributed by atoms with van der Waals surface area (Å²) in [5.41, 5.74) is 6.68. The van der Waals surface area contributed by atoms with Gasteiger partial charge in [0.1, 0.15) is 11.8 Å². The van der Waals surface area contributed by atoms with Crippen LogP contribution in [0.25, 0.3) is 22.2 Å². The van der Waals surface area contributed by atoms with Crippen LogP contribution in [0.1, 0.15) is 11.1 Å². The van der Waals surface area contributed by atoms with Gasteiger partial charge in [-0.1, -0.05) is 60.7 Å². The molecule has 146 valence electrons. The van der Waals surface area contributed by atoms with Crippen molar-refractivity contribution >= 4 is 23.0 Å². The second-order valence-electron chi connectivity index (χ2n) is 6.52. The highest BCUT2D eigenvalue weighted by Gasteiger charge is 2.11. The molecule has 0 unspecified atom stereocenters. The Kier molecular flexibility index (Phi) is 5.54. The van der Waals surface area contributed by atoms with Crippen LogP contribution in [-0.2, 0) is 4.79 Å². The molecule has 0 aliphatic carbocycles. The first-order chi connectivity index (χ1) is 14.8. The van der Waals surface area contributed by atoms with Gasteiger partial charge in [-0.3, -0.25) is 4.79 Å². The van der Waals surface area contributed by atoms with Crippen LogP contribution in [0.5, 0.6) is 5.75 Å². The number of hydrogen-bond acceptors (Lipinski definition) is 4. The van der Waals surface area contributed by atoms with E-state index in [4.69, 9.17) is 10.00 Å². The molecule has 0 radical (unpaired) electrons. The van der Waals surface area contributed by atoms with Crippen LogP contribution in [0.2, 0.25) is 0 Å². The highest BCUT2D eigenvalue weighted by Crippen LogP contribution is 2.28. The Morgan fingerprint density at radius 2 is 1.77 bits per heavy atom. The number of aromatic amines is 1. The standard InChI is InChI=1S/C24H18N4O2/c25-14-18-10-4-7-13-22(18)30-16-23(29)28-26-15-20-19-11-5-6-12-21(19)27-24(20)17-8-2-1-3-9-17/h1-13,15,27H,16H2,(H,28,29). The zero-order valence-electron chi connectivity index (χ0n) is 16.0. The molecule has 30 heavy (non-hydrogen) atoms. The van der Waals surface area contributed by atoms with E-state index in [2.05, 4.69) is 15.5 Å². The quantitative estimate of drug-likeness (QED) is 0.379. The van der Waals surface area contributed by atoms with E-state index in [0.29, 0.717) is 11.3 Å². The zero-order valence-corrected chi connectivity index (χ0v) is 16.0. The lowest BCUT2D eigenvalue weighted by atomic mass is 10.1. The number of aromatic nitrogens is 1. The number of H-pyrrole nitrogens is 1. The summed E-state index contributed by atoms with van der Waals surface area (Å²) in [6.45, 7) is -0.241. The molecule has 4 aromatic rings. The van der Waals surface area contributed by atoms with Crippen molar-refractivity contribution in [2.45, 2.75) is 0 Å². The van der Waals surface area contributed by atoms with Gasteiger partial charge in [0.2, 0.25) is 0 Å². The van der Waals surface area contributed by atoms with Crippen molar-refractivity contribution in [3.05, 3.63) is 90.0 Å². The molecule has 0 atom stereocenters. The molecular weight excluding hydrogens is 376 g/mol. The van der Waals surface area contributed by atoms with Crippen LogP contribution in [-0.4, -0.2) is 23.7 Å². The Balaban J connectivity index is 1.50. The number of para-hydroxylation sites is 2. The second-order valence-corrected chi connectivity index (χ2v) is 6.52. The number of benzene rings is 3. The molecule has 1 heterocycles. The number of hydrogen-bond donors (Lipinski definition) is 2. The van der Waals surface area contributed by atoms with Gasteiger partial charge in [-0.2, -0.15) is 10.4 Å². The molecule has 0 aliphatic heterocycles. The van der Waals surface area contributed by atoms with Crippen molar-refractivity contribution in [3.63, 3.8) is 0 Å². The first-order valence-electron chi connectivity index (χ1n) is 9.36. The maximum absolute atomic E-state index is 12.1. The number of fused-ring (bicyclic) bond motifs is 1. The summed E-state index contributed by atoms with van der Waals surface area (Å²) in [7, 11) is 0. The average Bonchev–Trinajstić information content (AvgIpc) is 3.17. The lowest BCUT2D eigenvalue weighted by Crippen LogP contribution is -2.24. The number of nitrogens with zero attached hydrogens (tertiary/aromatic N) is 2. The monoisotopic (exact) mass is 394 g/mol. The van der Waals surface area contributed by atoms with Crippen LogP contribution in [0.3, 0.4) is 0 Å². The van der Waals surface area contributed by atoms with Gasteiger partial charge in [0.15, 0.2) is 6.61 Å². The van der Waals surface area contributed by atoms with Gasteiger partial charge < -0.3 is 9.72 Å². The van der Waals surface area contributed by atoms with E-state index in [9.17, 15) is 4.79 Å². The van der Waals surface area contributed by atoms with Crippen LogP contribution in [0, 0.1) is 11.3 Å². The normalized spacial score (nSPS) is 10.8. The number of amides is 1. The maximum Gasteiger partial charge on any atom is 0.277 e. The molecule has 6 heteroatoms. The van der Waals surface area contributed by atoms with Crippen molar-refractivity contribution in [1.29, 1.82) is 5.26 Å². The molecule has 0 fully saturated rings. The van der Waals surface area contributed by atoms with E-state index in [-0.39, 0.29) is 6.61 Å². The molecule has 1 aromatic heterocycles. The number of ether oxygens (including phenoxy) is 1. The summed E-state index contributed by atoms with van der Waals surface area (Å²) in [6.07, 6.45) is 1.63. The van der Waals surface area contributed by atoms with Gasteiger partial charge in [-0.15, -0.1) is 0 Å². The Morgan fingerprint density at radius 1 is 1.03 bits per heavy atom. The van der Waals surface area contributed by atoms with E-state index in [1.54, 1.807) is 30.5 Å². The van der Waals surface area contributed by atoms with Crippen LogP contribution < -0.4 is 10.2 Å². The van der Waals surface area contributed by atoms with Crippen molar-refractivity contribution in [2.75, 3.05) is 6.61 Å². The van der Waals surface area contributed by atoms with Gasteiger partial charge in [0.05, 0.1) is 17.5 Å². The lowest BCUT2D eigenvalue weighted by Gasteiger charge is -2.06. The molecule has 1 amide bonds. The van der Waals surface area contributed by atoms with Crippen molar-refractivity contribution in [1.82, 2.24) is 10.4 Å². The van der Waals surface area contributed by atoms with Gasteiger partial charge in [-0.25, -0.2) is 5.43 Å². The molecule has 6 nitrogen and oxygen atoms in total. The smallest absolute Gasteiger partial charge is 0.277 e. The van der Waals surface area contributed by atoms with Crippen molar-refractivity contribution < 1.29 is 9.53 Å².